The smallest absolute Gasteiger partial charge is 0.330 e. The summed E-state index contributed by atoms with van der Waals surface area (Å²) in [6, 6.07) is 3.12. The number of unbranched alkanes of at least 4 members (excludes halogenated alkanes) is 2. The zero-order chi connectivity index (χ0) is 29.7. The molecule has 0 aliphatic heterocycles. The van der Waals surface area contributed by atoms with E-state index in [2.05, 4.69) is 4.74 Å². The lowest BCUT2D eigenvalue weighted by Crippen LogP contribution is -2.38. The molecule has 14 heteroatoms. The average Bonchev–Trinajstić information content (AvgIpc) is 2.86. The maximum atomic E-state index is 11.2. The van der Waals surface area contributed by atoms with Gasteiger partial charge in [-0.2, -0.15) is 0 Å². The van der Waals surface area contributed by atoms with Crippen molar-refractivity contribution in [1.29, 1.82) is 0 Å². The summed E-state index contributed by atoms with van der Waals surface area (Å²) in [6.07, 6.45) is 4.43. The van der Waals surface area contributed by atoms with Gasteiger partial charge in [0, 0.05) is 0 Å². The molecule has 15 N–H and O–H groups in total. The molecule has 0 saturated heterocycles. The first kappa shape index (κ1) is 37.0. The Morgan fingerprint density at radius 2 is 1.18 bits per heavy atom. The number of carbonyl (C=O) groups is 4. The molecular weight excluding hydrogens is 500 g/mol. The Hall–Kier alpha value is -3.14. The fraction of sp³-hybridized carbons (Fsp3) is 0.583. The normalized spacial score (nSPS) is 13.3. The third-order valence-corrected chi connectivity index (χ3v) is 4.84. The molecule has 0 unspecified atom stereocenters. The minimum absolute atomic E-state index is 0.160. The maximum Gasteiger partial charge on any atom is 0.330 e. The lowest BCUT2D eigenvalue weighted by atomic mass is 10.1. The van der Waals surface area contributed by atoms with E-state index in [-0.39, 0.29) is 12.2 Å². The lowest BCUT2D eigenvalue weighted by molar-refractivity contribution is -0.161. The first-order chi connectivity index (χ1) is 17.8. The van der Waals surface area contributed by atoms with Gasteiger partial charge in [-0.05, 0) is 69.8 Å². The summed E-state index contributed by atoms with van der Waals surface area (Å²) in [5, 5.41) is 25.8. The number of aliphatic carboxylic acids is 2. The van der Waals surface area contributed by atoms with Crippen LogP contribution in [0.2, 0.25) is 0 Å². The Morgan fingerprint density at radius 1 is 0.737 bits per heavy atom. The zero-order valence-corrected chi connectivity index (χ0v) is 21.8. The highest BCUT2D eigenvalue weighted by molar-refractivity contribution is 5.90. The second kappa shape index (κ2) is 21.9. The van der Waals surface area contributed by atoms with E-state index in [4.69, 9.17) is 49.7 Å². The Bertz CT molecular complexity index is 823. The van der Waals surface area contributed by atoms with Crippen LogP contribution >= 0.6 is 0 Å². The number of hydrogen-bond acceptors (Lipinski definition) is 12. The molecule has 0 aromatic heterocycles. The van der Waals surface area contributed by atoms with Crippen molar-refractivity contribution in [1.82, 2.24) is 0 Å². The number of carbonyl (C=O) groups excluding carboxylic acids is 2. The largest absolute Gasteiger partial charge is 0.508 e. The second-order valence-corrected chi connectivity index (χ2v) is 8.46. The maximum absolute atomic E-state index is 11.2. The van der Waals surface area contributed by atoms with Crippen molar-refractivity contribution in [2.75, 3.05) is 13.1 Å². The molecule has 0 heterocycles. The summed E-state index contributed by atoms with van der Waals surface area (Å²) >= 11 is 0. The Labute approximate surface area is 222 Å². The molecule has 38 heavy (non-hydrogen) atoms. The number of rotatable bonds is 14. The van der Waals surface area contributed by atoms with Crippen LogP contribution in [-0.2, 0) is 30.3 Å². The molecular formula is C24H44N6O8. The van der Waals surface area contributed by atoms with Crippen LogP contribution in [0.1, 0.15) is 51.0 Å². The molecule has 0 fully saturated rings. The molecule has 0 spiro atoms. The topological polar surface area (TPSA) is 294 Å². The summed E-state index contributed by atoms with van der Waals surface area (Å²) < 4.78 is 4.45. The summed E-state index contributed by atoms with van der Waals surface area (Å²) in [4.78, 5) is 42.7. The minimum atomic E-state index is -1.02. The van der Waals surface area contributed by atoms with Gasteiger partial charge in [0.15, 0.2) is 0 Å². The molecule has 218 valence electrons. The van der Waals surface area contributed by atoms with Gasteiger partial charge in [-0.25, -0.2) is 9.59 Å². The Morgan fingerprint density at radius 3 is 1.58 bits per heavy atom. The number of phenols is 1. The van der Waals surface area contributed by atoms with Crippen molar-refractivity contribution >= 4 is 23.9 Å². The zero-order valence-electron chi connectivity index (χ0n) is 21.8. The van der Waals surface area contributed by atoms with Gasteiger partial charge in [0.05, 0.1) is 0 Å². The number of ether oxygens (including phenoxy) is 1. The number of carboxylic acids is 2. The fourth-order valence-corrected chi connectivity index (χ4v) is 2.50. The number of phenolic OH excluding ortho intramolecular Hbond substituents is 1. The first-order valence-corrected chi connectivity index (χ1v) is 12.2. The Kier molecular flexibility index (Phi) is 21.3. The van der Waals surface area contributed by atoms with Crippen LogP contribution in [0.5, 0.6) is 5.75 Å². The SMILES string of the molecule is C[C@H](N)C(=O)OC(=O)[C@@H](N)CCCCN.NCCCC[C@H](N)C(=O)O.N[C@@H](Cc1ccc(O)cc1)C(=O)O. The van der Waals surface area contributed by atoms with E-state index in [0.717, 1.165) is 31.2 Å². The fourth-order valence-electron chi connectivity index (χ4n) is 2.50. The highest BCUT2D eigenvalue weighted by Gasteiger charge is 2.20. The molecule has 0 amide bonds. The standard InChI is InChI=1S/C9H19N3O3.C9H11NO3.C6H14N2O2/c1-6(11)8(13)15-9(14)7(12)4-2-3-5-10;10-8(9(12)13)5-6-1-3-7(11)4-2-6;7-4-2-1-3-5(8)6(9)10/h6-7H,2-5,10-12H2,1H3;1-4,8,11H,5,10H2,(H,12,13);5H,1-4,7-8H2,(H,9,10)/t6-,7-;8-;5-/m000/s1. The monoisotopic (exact) mass is 544 g/mol. The van der Waals surface area contributed by atoms with Gasteiger partial charge in [0.2, 0.25) is 0 Å². The highest BCUT2D eigenvalue weighted by Crippen LogP contribution is 2.10. The summed E-state index contributed by atoms with van der Waals surface area (Å²) in [7, 11) is 0. The van der Waals surface area contributed by atoms with E-state index in [0.29, 0.717) is 25.9 Å². The average molecular weight is 545 g/mol. The van der Waals surface area contributed by atoms with Crippen LogP contribution in [0.4, 0.5) is 0 Å². The van der Waals surface area contributed by atoms with Gasteiger partial charge in [-0.15, -0.1) is 0 Å². The number of carboxylic acid groups (broad SMARTS) is 2. The quantitative estimate of drug-likeness (QED) is 0.0749. The van der Waals surface area contributed by atoms with Crippen molar-refractivity contribution < 1.29 is 39.2 Å². The predicted octanol–water partition coefficient (Wildman–Crippen LogP) is -1.27. The second-order valence-electron chi connectivity index (χ2n) is 8.46. The van der Waals surface area contributed by atoms with E-state index in [9.17, 15) is 19.2 Å². The van der Waals surface area contributed by atoms with Gasteiger partial charge in [-0.3, -0.25) is 9.59 Å². The van der Waals surface area contributed by atoms with Gasteiger partial charge in [0.25, 0.3) is 0 Å². The molecule has 0 saturated carbocycles. The van der Waals surface area contributed by atoms with E-state index >= 15 is 0 Å². The van der Waals surface area contributed by atoms with Crippen molar-refractivity contribution in [3.05, 3.63) is 29.8 Å². The number of hydrogen-bond donors (Lipinski definition) is 9. The van der Waals surface area contributed by atoms with Gasteiger partial charge < -0.3 is 54.5 Å². The number of esters is 2. The molecule has 1 aromatic rings. The van der Waals surface area contributed by atoms with Gasteiger partial charge in [-0.1, -0.05) is 25.0 Å². The molecule has 4 atom stereocenters. The first-order valence-electron chi connectivity index (χ1n) is 12.2. The van der Waals surface area contributed by atoms with Crippen LogP contribution in [0.25, 0.3) is 0 Å². The van der Waals surface area contributed by atoms with Crippen LogP contribution in [-0.4, -0.2) is 76.5 Å². The molecule has 0 radical (unpaired) electrons. The number of nitrogens with two attached hydrogens (primary N) is 6. The van der Waals surface area contributed by atoms with Crippen molar-refractivity contribution in [2.24, 2.45) is 34.4 Å². The predicted molar refractivity (Wildman–Crippen MR) is 142 cm³/mol. The van der Waals surface area contributed by atoms with Crippen molar-refractivity contribution in [2.45, 2.75) is 76.0 Å². The lowest BCUT2D eigenvalue weighted by Gasteiger charge is -2.10. The van der Waals surface area contributed by atoms with E-state index in [1.165, 1.54) is 19.1 Å². The van der Waals surface area contributed by atoms with E-state index < -0.39 is 48.0 Å². The number of aromatic hydroxyl groups is 1. The van der Waals surface area contributed by atoms with E-state index in [1.807, 2.05) is 0 Å². The Balaban J connectivity index is 0. The third-order valence-electron chi connectivity index (χ3n) is 4.84. The molecule has 14 nitrogen and oxygen atoms in total. The molecule has 0 aliphatic rings. The van der Waals surface area contributed by atoms with Gasteiger partial charge in [0.1, 0.15) is 29.9 Å². The van der Waals surface area contributed by atoms with Crippen LogP contribution in [0, 0.1) is 0 Å². The number of benzene rings is 1. The summed E-state index contributed by atoms with van der Waals surface area (Å²) in [6.45, 7) is 2.60. The summed E-state index contributed by atoms with van der Waals surface area (Å²) in [5.41, 5.74) is 32.5. The third kappa shape index (κ3) is 20.0. The van der Waals surface area contributed by atoms with Crippen molar-refractivity contribution in [3.8, 4) is 5.75 Å². The van der Waals surface area contributed by atoms with Crippen LogP contribution in [0.3, 0.4) is 0 Å². The summed E-state index contributed by atoms with van der Waals surface area (Å²) in [5.74, 6) is -3.28. The van der Waals surface area contributed by atoms with E-state index in [1.54, 1.807) is 12.1 Å². The van der Waals surface area contributed by atoms with Crippen LogP contribution in [0.15, 0.2) is 24.3 Å². The minimum Gasteiger partial charge on any atom is -0.508 e. The molecule has 0 aliphatic carbocycles. The van der Waals surface area contributed by atoms with Gasteiger partial charge >= 0.3 is 23.9 Å². The molecule has 1 aromatic carbocycles. The highest BCUT2D eigenvalue weighted by atomic mass is 16.6. The van der Waals surface area contributed by atoms with Crippen molar-refractivity contribution in [3.63, 3.8) is 0 Å². The van der Waals surface area contributed by atoms with Crippen LogP contribution < -0.4 is 34.4 Å². The molecule has 0 bridgehead atoms. The molecule has 1 rings (SSSR count).